The van der Waals surface area contributed by atoms with Gasteiger partial charge in [-0.05, 0) is 35.1 Å². The first-order valence-electron chi connectivity index (χ1n) is 8.00. The van der Waals surface area contributed by atoms with Crippen LogP contribution in [0.5, 0.6) is 0 Å². The highest BCUT2D eigenvalue weighted by Crippen LogP contribution is 2.30. The Morgan fingerprint density at radius 1 is 0.923 bits per heavy atom. The first-order valence-corrected chi connectivity index (χ1v) is 8.00. The van der Waals surface area contributed by atoms with Crippen molar-refractivity contribution in [2.75, 3.05) is 0 Å². The Morgan fingerprint density at radius 2 is 1.65 bits per heavy atom. The number of esters is 1. The van der Waals surface area contributed by atoms with Crippen LogP contribution in [-0.4, -0.2) is 10.9 Å². The number of nitro benzene ring substituents is 1. The molecular weight excluding hydrogens is 330 g/mol. The number of ether oxygens (including phenoxy) is 1. The molecule has 0 N–H and O–H groups in total. The average molecular weight is 343 g/mol. The predicted molar refractivity (Wildman–Crippen MR) is 99.1 cm³/mol. The minimum atomic E-state index is -0.522. The van der Waals surface area contributed by atoms with Crippen molar-refractivity contribution >= 4 is 34.3 Å². The molecule has 26 heavy (non-hydrogen) atoms. The summed E-state index contributed by atoms with van der Waals surface area (Å²) >= 11 is 0. The standard InChI is InChI=1S/C21H13NO4/c23-21-18(12-16-7-3-4-8-19(16)22(24)25)13-20(26-21)17-10-9-14-5-1-2-6-15(14)11-17/h1-13H/b18-12-. The molecule has 0 radical (unpaired) electrons. The maximum Gasteiger partial charge on any atom is 0.343 e. The molecule has 0 bridgehead atoms. The molecule has 1 aliphatic heterocycles. The van der Waals surface area contributed by atoms with Crippen molar-refractivity contribution in [3.8, 4) is 0 Å². The second-order valence-corrected chi connectivity index (χ2v) is 5.88. The lowest BCUT2D eigenvalue weighted by molar-refractivity contribution is -0.385. The molecule has 0 saturated heterocycles. The molecule has 0 saturated carbocycles. The molecule has 4 rings (SSSR count). The molecule has 5 heteroatoms. The van der Waals surface area contributed by atoms with E-state index in [9.17, 15) is 14.9 Å². The second-order valence-electron chi connectivity index (χ2n) is 5.88. The lowest BCUT2D eigenvalue weighted by atomic mass is 10.0. The number of fused-ring (bicyclic) bond motifs is 1. The monoisotopic (exact) mass is 343 g/mol. The summed E-state index contributed by atoms with van der Waals surface area (Å²) in [5, 5.41) is 13.3. The number of cyclic esters (lactones) is 1. The smallest absolute Gasteiger partial charge is 0.343 e. The van der Waals surface area contributed by atoms with Gasteiger partial charge in [0.15, 0.2) is 0 Å². The van der Waals surface area contributed by atoms with Gasteiger partial charge in [-0.1, -0.05) is 48.5 Å². The third kappa shape index (κ3) is 2.86. The van der Waals surface area contributed by atoms with Gasteiger partial charge in [0.25, 0.3) is 5.69 Å². The van der Waals surface area contributed by atoms with E-state index in [1.807, 2.05) is 42.5 Å². The molecule has 0 fully saturated rings. The molecule has 0 spiro atoms. The fourth-order valence-corrected chi connectivity index (χ4v) is 2.92. The molecule has 0 aromatic heterocycles. The van der Waals surface area contributed by atoms with E-state index in [0.717, 1.165) is 16.3 Å². The Hall–Kier alpha value is -3.73. The van der Waals surface area contributed by atoms with Crippen molar-refractivity contribution < 1.29 is 14.5 Å². The molecule has 3 aromatic rings. The van der Waals surface area contributed by atoms with Crippen LogP contribution < -0.4 is 0 Å². The van der Waals surface area contributed by atoms with E-state index in [-0.39, 0.29) is 11.3 Å². The van der Waals surface area contributed by atoms with E-state index in [1.54, 1.807) is 24.3 Å². The minimum Gasteiger partial charge on any atom is -0.422 e. The fourth-order valence-electron chi connectivity index (χ4n) is 2.92. The van der Waals surface area contributed by atoms with Gasteiger partial charge in [-0.25, -0.2) is 4.79 Å². The van der Waals surface area contributed by atoms with Crippen LogP contribution in [0.25, 0.3) is 22.6 Å². The Kier molecular flexibility index (Phi) is 3.82. The van der Waals surface area contributed by atoms with Crippen molar-refractivity contribution in [1.82, 2.24) is 0 Å². The van der Waals surface area contributed by atoms with Crippen molar-refractivity contribution in [3.63, 3.8) is 0 Å². The van der Waals surface area contributed by atoms with E-state index >= 15 is 0 Å². The fraction of sp³-hybridized carbons (Fsp3) is 0. The van der Waals surface area contributed by atoms with Crippen LogP contribution in [0.15, 0.2) is 78.4 Å². The van der Waals surface area contributed by atoms with Crippen molar-refractivity contribution in [2.45, 2.75) is 0 Å². The summed E-state index contributed by atoms with van der Waals surface area (Å²) < 4.78 is 5.37. The van der Waals surface area contributed by atoms with Crippen LogP contribution in [0.4, 0.5) is 5.69 Å². The number of carbonyl (C=O) groups is 1. The van der Waals surface area contributed by atoms with Crippen LogP contribution in [0.1, 0.15) is 11.1 Å². The van der Waals surface area contributed by atoms with Crippen LogP contribution in [0.3, 0.4) is 0 Å². The summed E-state index contributed by atoms with van der Waals surface area (Å²) in [4.78, 5) is 22.9. The molecule has 1 heterocycles. The Balaban J connectivity index is 1.74. The number of nitrogens with zero attached hydrogens (tertiary/aromatic N) is 1. The maximum atomic E-state index is 12.2. The largest absolute Gasteiger partial charge is 0.422 e. The minimum absolute atomic E-state index is 0.0552. The zero-order valence-electron chi connectivity index (χ0n) is 13.6. The number of rotatable bonds is 3. The summed E-state index contributed by atoms with van der Waals surface area (Å²) in [7, 11) is 0. The predicted octanol–water partition coefficient (Wildman–Crippen LogP) is 4.73. The van der Waals surface area contributed by atoms with Gasteiger partial charge in [0.1, 0.15) is 5.76 Å². The molecule has 0 aliphatic carbocycles. The molecule has 5 nitrogen and oxygen atoms in total. The zero-order valence-corrected chi connectivity index (χ0v) is 13.6. The van der Waals surface area contributed by atoms with E-state index < -0.39 is 10.9 Å². The summed E-state index contributed by atoms with van der Waals surface area (Å²) in [6.07, 6.45) is 3.09. The average Bonchev–Trinajstić information content (AvgIpc) is 3.02. The molecule has 0 unspecified atom stereocenters. The van der Waals surface area contributed by atoms with Gasteiger partial charge in [-0.3, -0.25) is 10.1 Å². The highest BCUT2D eigenvalue weighted by atomic mass is 16.6. The quantitative estimate of drug-likeness (QED) is 0.298. The molecule has 126 valence electrons. The van der Waals surface area contributed by atoms with Gasteiger partial charge in [-0.15, -0.1) is 0 Å². The third-order valence-corrected chi connectivity index (χ3v) is 4.20. The van der Waals surface area contributed by atoms with Gasteiger partial charge in [0.2, 0.25) is 0 Å². The van der Waals surface area contributed by atoms with Crippen LogP contribution >= 0.6 is 0 Å². The lowest BCUT2D eigenvalue weighted by Crippen LogP contribution is -1.98. The highest BCUT2D eigenvalue weighted by molar-refractivity contribution is 6.05. The number of nitro groups is 1. The topological polar surface area (TPSA) is 69.4 Å². The van der Waals surface area contributed by atoms with Gasteiger partial charge in [0, 0.05) is 11.6 Å². The lowest BCUT2D eigenvalue weighted by Gasteiger charge is -2.04. The number of hydrogen-bond acceptors (Lipinski definition) is 4. The first-order chi connectivity index (χ1) is 12.6. The van der Waals surface area contributed by atoms with E-state index in [0.29, 0.717) is 11.3 Å². The first kappa shape index (κ1) is 15.8. The van der Waals surface area contributed by atoms with Crippen LogP contribution in [-0.2, 0) is 9.53 Å². The highest BCUT2D eigenvalue weighted by Gasteiger charge is 2.23. The van der Waals surface area contributed by atoms with E-state index in [4.69, 9.17) is 4.74 Å². The summed E-state index contributed by atoms with van der Waals surface area (Å²) in [6, 6.07) is 20.0. The SMILES string of the molecule is O=C1OC(c2ccc3ccccc3c2)=C/C1=C/c1ccccc1[N+](=O)[O-]. The molecule has 1 aliphatic rings. The van der Waals surface area contributed by atoms with Crippen LogP contribution in [0.2, 0.25) is 0 Å². The number of hydrogen-bond donors (Lipinski definition) is 0. The zero-order chi connectivity index (χ0) is 18.1. The normalized spacial score (nSPS) is 15.2. The van der Waals surface area contributed by atoms with Gasteiger partial charge in [-0.2, -0.15) is 0 Å². The van der Waals surface area contributed by atoms with Gasteiger partial charge >= 0.3 is 5.97 Å². The van der Waals surface area contributed by atoms with Crippen molar-refractivity contribution in [1.29, 1.82) is 0 Å². The summed E-state index contributed by atoms with van der Waals surface area (Å²) in [6.45, 7) is 0. The van der Waals surface area contributed by atoms with Gasteiger partial charge < -0.3 is 4.74 Å². The van der Waals surface area contributed by atoms with Gasteiger partial charge in [0.05, 0.1) is 16.1 Å². The van der Waals surface area contributed by atoms with Crippen molar-refractivity contribution in [3.05, 3.63) is 99.6 Å². The summed E-state index contributed by atoms with van der Waals surface area (Å²) in [5.41, 5.74) is 1.37. The van der Waals surface area contributed by atoms with Crippen LogP contribution in [0, 0.1) is 10.1 Å². The number of carbonyl (C=O) groups excluding carboxylic acids is 1. The van der Waals surface area contributed by atoms with Crippen molar-refractivity contribution in [2.24, 2.45) is 0 Å². The summed E-state index contributed by atoms with van der Waals surface area (Å²) in [5.74, 6) is -0.0862. The molecule has 0 atom stereocenters. The Bertz CT molecular complexity index is 1110. The molecular formula is C21H13NO4. The number of benzene rings is 3. The third-order valence-electron chi connectivity index (χ3n) is 4.20. The second kappa shape index (κ2) is 6.29. The Morgan fingerprint density at radius 3 is 2.46 bits per heavy atom. The molecule has 3 aromatic carbocycles. The molecule has 0 amide bonds. The maximum absolute atomic E-state index is 12.2. The van der Waals surface area contributed by atoms with E-state index in [2.05, 4.69) is 0 Å². The van der Waals surface area contributed by atoms with E-state index in [1.165, 1.54) is 12.1 Å². The Labute approximate surface area is 149 Å². The number of para-hydroxylation sites is 1.